The maximum atomic E-state index is 13.2. The van der Waals surface area contributed by atoms with Crippen LogP contribution in [0.2, 0.25) is 0 Å². The van der Waals surface area contributed by atoms with Crippen molar-refractivity contribution >= 4 is 27.6 Å². The second-order valence-electron chi connectivity index (χ2n) is 7.35. The molecule has 0 amide bonds. The van der Waals surface area contributed by atoms with E-state index in [1.165, 1.54) is 19.1 Å². The molecule has 0 aliphatic rings. The Kier molecular flexibility index (Phi) is 5.77. The molecule has 0 saturated carbocycles. The molecule has 1 atom stereocenters. The summed E-state index contributed by atoms with van der Waals surface area (Å²) in [5, 5.41) is 9.68. The lowest BCUT2D eigenvalue weighted by Crippen LogP contribution is -2.40. The lowest BCUT2D eigenvalue weighted by molar-refractivity contribution is -0.144. The second kappa shape index (κ2) is 8.45. The molecule has 4 rings (SSSR count). The minimum atomic E-state index is -4.86. The Bertz CT molecular complexity index is 1540. The van der Waals surface area contributed by atoms with E-state index >= 15 is 0 Å². The molecule has 1 unspecified atom stereocenters. The van der Waals surface area contributed by atoms with E-state index in [-0.39, 0.29) is 11.4 Å². The third-order valence-corrected chi connectivity index (χ3v) is 5.94. The van der Waals surface area contributed by atoms with Crippen molar-refractivity contribution in [1.29, 1.82) is 0 Å². The van der Waals surface area contributed by atoms with Crippen molar-refractivity contribution in [2.24, 2.45) is 7.05 Å². The maximum absolute atomic E-state index is 13.2. The second-order valence-corrected chi connectivity index (χ2v) is 8.15. The van der Waals surface area contributed by atoms with Crippen LogP contribution in [0.25, 0.3) is 27.0 Å². The minimum absolute atomic E-state index is 0.0607. The summed E-state index contributed by atoms with van der Waals surface area (Å²) in [5.41, 5.74) is -2.68. The number of benzene rings is 2. The Morgan fingerprint density at radius 1 is 1.15 bits per heavy atom. The summed E-state index contributed by atoms with van der Waals surface area (Å²) in [6.45, 7) is 1.38. The van der Waals surface area contributed by atoms with Crippen molar-refractivity contribution in [3.63, 3.8) is 0 Å². The average Bonchev–Trinajstić information content (AvgIpc) is 3.19. The molecular formula is C22H16F3N3O5S. The van der Waals surface area contributed by atoms with Crippen LogP contribution in [0.5, 0.6) is 5.75 Å². The van der Waals surface area contributed by atoms with Crippen molar-refractivity contribution in [1.82, 2.24) is 13.5 Å². The molecule has 8 nitrogen and oxygen atoms in total. The summed E-state index contributed by atoms with van der Waals surface area (Å²) in [6.07, 6.45) is -5.99. The first kappa shape index (κ1) is 23.2. The van der Waals surface area contributed by atoms with Gasteiger partial charge in [0.25, 0.3) is 5.56 Å². The Morgan fingerprint density at radius 3 is 2.53 bits per heavy atom. The van der Waals surface area contributed by atoms with Gasteiger partial charge in [-0.3, -0.25) is 9.36 Å². The quantitative estimate of drug-likeness (QED) is 0.457. The van der Waals surface area contributed by atoms with E-state index in [0.717, 1.165) is 18.6 Å². The largest absolute Gasteiger partial charge is 0.479 e. The number of carboxylic acids is 1. The van der Waals surface area contributed by atoms with Gasteiger partial charge < -0.3 is 9.84 Å². The van der Waals surface area contributed by atoms with E-state index in [9.17, 15) is 32.7 Å². The highest BCUT2D eigenvalue weighted by molar-refractivity contribution is 7.13. The van der Waals surface area contributed by atoms with Crippen LogP contribution in [0.1, 0.15) is 12.6 Å². The summed E-state index contributed by atoms with van der Waals surface area (Å²) < 4.78 is 51.1. The molecule has 2 aromatic carbocycles. The van der Waals surface area contributed by atoms with Gasteiger partial charge in [-0.05, 0) is 48.8 Å². The topological polar surface area (TPSA) is 103 Å². The molecular weight excluding hydrogens is 475 g/mol. The number of hydrogen-bond donors (Lipinski definition) is 1. The number of aromatic nitrogens is 3. The van der Waals surface area contributed by atoms with Crippen molar-refractivity contribution in [3.8, 4) is 22.7 Å². The highest BCUT2D eigenvalue weighted by atomic mass is 32.1. The Morgan fingerprint density at radius 2 is 1.85 bits per heavy atom. The van der Waals surface area contributed by atoms with Gasteiger partial charge in [0, 0.05) is 24.1 Å². The number of rotatable bonds is 5. The molecule has 12 heteroatoms. The first-order valence-electron chi connectivity index (χ1n) is 9.78. The maximum Gasteiger partial charge on any atom is 0.431 e. The molecule has 34 heavy (non-hydrogen) atoms. The number of carbonyl (C=O) groups is 1. The van der Waals surface area contributed by atoms with Gasteiger partial charge in [-0.25, -0.2) is 14.2 Å². The number of para-hydroxylation sites is 1. The van der Waals surface area contributed by atoms with Crippen LogP contribution in [-0.2, 0) is 18.0 Å². The smallest absolute Gasteiger partial charge is 0.431 e. The fourth-order valence-corrected chi connectivity index (χ4v) is 4.17. The van der Waals surface area contributed by atoms with E-state index in [1.54, 1.807) is 30.3 Å². The van der Waals surface area contributed by atoms with E-state index in [2.05, 4.69) is 4.37 Å². The van der Waals surface area contributed by atoms with E-state index in [0.29, 0.717) is 36.5 Å². The summed E-state index contributed by atoms with van der Waals surface area (Å²) in [6, 6.07) is 11.5. The van der Waals surface area contributed by atoms with Gasteiger partial charge in [-0.2, -0.15) is 17.5 Å². The number of nitrogens with zero attached hydrogens (tertiary/aromatic N) is 3. The highest BCUT2D eigenvalue weighted by Gasteiger charge is 2.35. The SMILES string of the molecule is CC(Oc1ccccc1-c1nsc2ccc(-n3c(=O)cc(C(F)(F)F)n(C)c3=O)cc12)C(=O)O. The molecule has 0 radical (unpaired) electrons. The normalized spacial score (nSPS) is 12.6. The molecule has 0 spiro atoms. The fraction of sp³-hybridized carbons (Fsp3) is 0.182. The molecule has 1 N–H and O–H groups in total. The predicted molar refractivity (Wildman–Crippen MR) is 119 cm³/mol. The summed E-state index contributed by atoms with van der Waals surface area (Å²) in [7, 11) is 0.939. The molecule has 2 heterocycles. The first-order chi connectivity index (χ1) is 16.0. The number of halogens is 3. The van der Waals surface area contributed by atoms with Gasteiger partial charge in [0.2, 0.25) is 0 Å². The van der Waals surface area contributed by atoms with Gasteiger partial charge in [-0.1, -0.05) is 12.1 Å². The van der Waals surface area contributed by atoms with Crippen LogP contribution < -0.4 is 16.0 Å². The van der Waals surface area contributed by atoms with Crippen LogP contribution in [0, 0.1) is 0 Å². The Balaban J connectivity index is 1.89. The lowest BCUT2D eigenvalue weighted by atomic mass is 10.1. The molecule has 0 saturated heterocycles. The fourth-order valence-electron chi connectivity index (χ4n) is 3.40. The third-order valence-electron chi connectivity index (χ3n) is 5.12. The zero-order valence-electron chi connectivity index (χ0n) is 17.7. The summed E-state index contributed by atoms with van der Waals surface area (Å²) in [5.74, 6) is -0.893. The van der Waals surface area contributed by atoms with Gasteiger partial charge in [0.15, 0.2) is 6.10 Å². The molecule has 2 aromatic heterocycles. The number of aliphatic carboxylic acids is 1. The number of carboxylic acid groups (broad SMARTS) is 1. The van der Waals surface area contributed by atoms with Crippen molar-refractivity contribution < 1.29 is 27.8 Å². The van der Waals surface area contributed by atoms with Crippen LogP contribution in [0.4, 0.5) is 13.2 Å². The van der Waals surface area contributed by atoms with Crippen molar-refractivity contribution in [3.05, 3.63) is 75.1 Å². The first-order valence-corrected chi connectivity index (χ1v) is 10.6. The van der Waals surface area contributed by atoms with E-state index in [1.807, 2.05) is 0 Å². The predicted octanol–water partition coefficient (Wildman–Crippen LogP) is 3.68. The van der Waals surface area contributed by atoms with Crippen molar-refractivity contribution in [2.75, 3.05) is 0 Å². The zero-order valence-corrected chi connectivity index (χ0v) is 18.5. The van der Waals surface area contributed by atoms with Gasteiger partial charge in [0.05, 0.1) is 16.1 Å². The molecule has 0 fully saturated rings. The lowest BCUT2D eigenvalue weighted by Gasteiger charge is -2.14. The van der Waals surface area contributed by atoms with Crippen LogP contribution in [-0.4, -0.2) is 30.7 Å². The van der Waals surface area contributed by atoms with E-state index in [4.69, 9.17) is 4.74 Å². The van der Waals surface area contributed by atoms with Gasteiger partial charge >= 0.3 is 17.8 Å². The Labute approximate surface area is 193 Å². The zero-order chi connectivity index (χ0) is 24.8. The molecule has 4 aromatic rings. The molecule has 0 aliphatic heterocycles. The monoisotopic (exact) mass is 491 g/mol. The van der Waals surface area contributed by atoms with Crippen molar-refractivity contribution in [2.45, 2.75) is 19.2 Å². The van der Waals surface area contributed by atoms with Gasteiger partial charge in [-0.15, -0.1) is 0 Å². The molecule has 0 bridgehead atoms. The summed E-state index contributed by atoms with van der Waals surface area (Å²) >= 11 is 1.12. The standard InChI is InChI=1S/C22H16F3N3O5S/c1-11(20(30)31)33-15-6-4-3-5-13(15)19-14-9-12(7-8-16(14)34-26-19)28-18(29)10-17(22(23,24)25)27(2)21(28)32/h3-11H,1-2H3,(H,30,31). The number of alkyl halides is 3. The van der Waals surface area contributed by atoms with Crippen LogP contribution >= 0.6 is 11.5 Å². The van der Waals surface area contributed by atoms with E-state index < -0.39 is 35.2 Å². The third kappa shape index (κ3) is 4.07. The average molecular weight is 491 g/mol. The minimum Gasteiger partial charge on any atom is -0.479 e. The number of hydrogen-bond acceptors (Lipinski definition) is 6. The highest BCUT2D eigenvalue weighted by Crippen LogP contribution is 2.37. The Hall–Kier alpha value is -3.93. The molecule has 0 aliphatic carbocycles. The van der Waals surface area contributed by atoms with Gasteiger partial charge in [0.1, 0.15) is 11.4 Å². The van der Waals surface area contributed by atoms with Crippen LogP contribution in [0.15, 0.2) is 58.1 Å². The summed E-state index contributed by atoms with van der Waals surface area (Å²) in [4.78, 5) is 36.4. The molecule has 176 valence electrons. The number of ether oxygens (including phenoxy) is 1. The van der Waals surface area contributed by atoms with Crippen LogP contribution in [0.3, 0.4) is 0 Å². The number of fused-ring (bicyclic) bond motifs is 1.